The predicted molar refractivity (Wildman–Crippen MR) is 61.3 cm³/mol. The first kappa shape index (κ1) is 12.8. The maximum Gasteiger partial charge on any atom is 0.306 e. The van der Waals surface area contributed by atoms with Crippen LogP contribution in [-0.4, -0.2) is 30.1 Å². The van der Waals surface area contributed by atoms with E-state index < -0.39 is 5.97 Å². The van der Waals surface area contributed by atoms with Crippen LogP contribution in [0.1, 0.15) is 30.9 Å². The van der Waals surface area contributed by atoms with Crippen molar-refractivity contribution in [2.45, 2.75) is 26.3 Å². The van der Waals surface area contributed by atoms with E-state index in [9.17, 15) is 4.79 Å². The third kappa shape index (κ3) is 3.10. The number of carboxylic acids is 1. The fraction of sp³-hybridized carbons (Fsp3) is 0.583. The molecule has 2 unspecified atom stereocenters. The van der Waals surface area contributed by atoms with Crippen molar-refractivity contribution in [2.75, 3.05) is 14.1 Å². The summed E-state index contributed by atoms with van der Waals surface area (Å²) in [6.07, 6.45) is 0.551. The normalized spacial score (nSPS) is 15.1. The largest absolute Gasteiger partial charge is 0.481 e. The van der Waals surface area contributed by atoms with E-state index in [1.807, 2.05) is 38.1 Å². The van der Waals surface area contributed by atoms with E-state index in [0.717, 1.165) is 11.5 Å². The van der Waals surface area contributed by atoms with Gasteiger partial charge in [-0.25, -0.2) is 0 Å². The molecule has 0 aliphatic rings. The Morgan fingerprint density at radius 1 is 1.50 bits per heavy atom. The van der Waals surface area contributed by atoms with Crippen LogP contribution in [0.3, 0.4) is 0 Å². The summed E-state index contributed by atoms with van der Waals surface area (Å²) >= 11 is 0. The summed E-state index contributed by atoms with van der Waals surface area (Å²) in [5, 5.41) is 8.92. The lowest BCUT2D eigenvalue weighted by molar-refractivity contribution is -0.141. The second-order valence-electron chi connectivity index (χ2n) is 4.40. The topological polar surface area (TPSA) is 53.7 Å². The first-order valence-corrected chi connectivity index (χ1v) is 5.37. The zero-order chi connectivity index (χ0) is 12.3. The Balaban J connectivity index is 2.80. The summed E-state index contributed by atoms with van der Waals surface area (Å²) in [7, 11) is 3.86. The van der Waals surface area contributed by atoms with E-state index in [1.54, 1.807) is 6.92 Å². The number of rotatable bonds is 5. The van der Waals surface area contributed by atoms with Gasteiger partial charge in [0.25, 0.3) is 0 Å². The number of furan rings is 1. The highest BCUT2D eigenvalue weighted by molar-refractivity contribution is 5.69. The molecule has 0 saturated heterocycles. The lowest BCUT2D eigenvalue weighted by Gasteiger charge is -2.23. The zero-order valence-electron chi connectivity index (χ0n) is 10.2. The van der Waals surface area contributed by atoms with Gasteiger partial charge in [-0.1, -0.05) is 6.92 Å². The second-order valence-corrected chi connectivity index (χ2v) is 4.40. The number of nitrogens with zero attached hydrogens (tertiary/aromatic N) is 1. The third-order valence-corrected chi connectivity index (χ3v) is 2.71. The van der Waals surface area contributed by atoms with Gasteiger partial charge in [-0.3, -0.25) is 9.69 Å². The van der Waals surface area contributed by atoms with Gasteiger partial charge in [0.1, 0.15) is 11.5 Å². The molecule has 0 aliphatic heterocycles. The summed E-state index contributed by atoms with van der Waals surface area (Å²) in [6.45, 7) is 3.60. The number of hydrogen-bond donors (Lipinski definition) is 1. The Labute approximate surface area is 95.9 Å². The molecule has 1 N–H and O–H groups in total. The fourth-order valence-electron chi connectivity index (χ4n) is 1.65. The van der Waals surface area contributed by atoms with Crippen molar-refractivity contribution in [2.24, 2.45) is 5.92 Å². The van der Waals surface area contributed by atoms with Crippen molar-refractivity contribution in [3.8, 4) is 0 Å². The number of carbonyl (C=O) groups is 1. The van der Waals surface area contributed by atoms with Crippen molar-refractivity contribution in [1.29, 1.82) is 0 Å². The van der Waals surface area contributed by atoms with Crippen LogP contribution in [0.15, 0.2) is 16.5 Å². The fourth-order valence-corrected chi connectivity index (χ4v) is 1.65. The van der Waals surface area contributed by atoms with E-state index in [4.69, 9.17) is 9.52 Å². The lowest BCUT2D eigenvalue weighted by Crippen LogP contribution is -2.24. The monoisotopic (exact) mass is 225 g/mol. The molecular weight excluding hydrogens is 206 g/mol. The third-order valence-electron chi connectivity index (χ3n) is 2.71. The van der Waals surface area contributed by atoms with Crippen LogP contribution < -0.4 is 0 Å². The van der Waals surface area contributed by atoms with Gasteiger partial charge < -0.3 is 9.52 Å². The van der Waals surface area contributed by atoms with Gasteiger partial charge in [0.05, 0.1) is 12.0 Å². The molecule has 0 radical (unpaired) electrons. The molecule has 0 saturated carbocycles. The maximum absolute atomic E-state index is 10.8. The summed E-state index contributed by atoms with van der Waals surface area (Å²) < 4.78 is 5.55. The molecule has 0 amide bonds. The van der Waals surface area contributed by atoms with Crippen LogP contribution in [-0.2, 0) is 4.79 Å². The highest BCUT2D eigenvalue weighted by Crippen LogP contribution is 2.27. The first-order valence-electron chi connectivity index (χ1n) is 5.37. The average molecular weight is 225 g/mol. The molecule has 0 aromatic carbocycles. The standard InChI is InChI=1S/C12H19NO3/c1-8(12(14)15)7-10(13(3)4)11-6-5-9(2)16-11/h5-6,8,10H,7H2,1-4H3,(H,14,15). The van der Waals surface area contributed by atoms with Crippen LogP contribution in [0, 0.1) is 12.8 Å². The smallest absolute Gasteiger partial charge is 0.306 e. The molecule has 0 bridgehead atoms. The van der Waals surface area contributed by atoms with E-state index in [0.29, 0.717) is 6.42 Å². The number of aryl methyl sites for hydroxylation is 1. The Morgan fingerprint density at radius 3 is 2.50 bits per heavy atom. The molecule has 0 aliphatic carbocycles. The van der Waals surface area contributed by atoms with Gasteiger partial charge in [0, 0.05) is 0 Å². The minimum atomic E-state index is -0.768. The molecule has 0 fully saturated rings. The number of carboxylic acid groups (broad SMARTS) is 1. The minimum Gasteiger partial charge on any atom is -0.481 e. The van der Waals surface area contributed by atoms with Gasteiger partial charge in [0.15, 0.2) is 0 Å². The Hall–Kier alpha value is -1.29. The van der Waals surface area contributed by atoms with Crippen LogP contribution in [0.5, 0.6) is 0 Å². The van der Waals surface area contributed by atoms with Gasteiger partial charge in [-0.2, -0.15) is 0 Å². The zero-order valence-corrected chi connectivity index (χ0v) is 10.2. The van der Waals surface area contributed by atoms with E-state index in [-0.39, 0.29) is 12.0 Å². The Bertz CT molecular complexity index is 357. The van der Waals surface area contributed by atoms with Gasteiger partial charge in [-0.15, -0.1) is 0 Å². The number of aliphatic carboxylic acids is 1. The van der Waals surface area contributed by atoms with Crippen LogP contribution in [0.2, 0.25) is 0 Å². The van der Waals surface area contributed by atoms with Crippen LogP contribution in [0.4, 0.5) is 0 Å². The molecule has 1 heterocycles. The Kier molecular flexibility index (Phi) is 4.12. The summed E-state index contributed by atoms with van der Waals surface area (Å²) in [5.41, 5.74) is 0. The van der Waals surface area contributed by atoms with E-state index >= 15 is 0 Å². The van der Waals surface area contributed by atoms with Crippen LogP contribution >= 0.6 is 0 Å². The average Bonchev–Trinajstić information content (AvgIpc) is 2.59. The lowest BCUT2D eigenvalue weighted by atomic mass is 9.99. The number of hydrogen-bond acceptors (Lipinski definition) is 3. The molecule has 4 heteroatoms. The van der Waals surface area contributed by atoms with Crippen molar-refractivity contribution >= 4 is 5.97 Å². The van der Waals surface area contributed by atoms with Crippen molar-refractivity contribution in [1.82, 2.24) is 4.90 Å². The molecule has 90 valence electrons. The summed E-state index contributed by atoms with van der Waals surface area (Å²) in [4.78, 5) is 12.8. The molecule has 4 nitrogen and oxygen atoms in total. The molecule has 2 atom stereocenters. The minimum absolute atomic E-state index is 0.0137. The van der Waals surface area contributed by atoms with Crippen LogP contribution in [0.25, 0.3) is 0 Å². The van der Waals surface area contributed by atoms with E-state index in [2.05, 4.69) is 0 Å². The van der Waals surface area contributed by atoms with Crippen molar-refractivity contribution in [3.63, 3.8) is 0 Å². The first-order chi connectivity index (χ1) is 7.41. The summed E-state index contributed by atoms with van der Waals surface area (Å²) in [5.74, 6) is 0.536. The molecule has 0 spiro atoms. The predicted octanol–water partition coefficient (Wildman–Crippen LogP) is 2.30. The van der Waals surface area contributed by atoms with Gasteiger partial charge >= 0.3 is 5.97 Å². The molecular formula is C12H19NO3. The molecule has 1 aromatic rings. The second kappa shape index (κ2) is 5.16. The molecule has 16 heavy (non-hydrogen) atoms. The maximum atomic E-state index is 10.8. The van der Waals surface area contributed by atoms with Gasteiger partial charge in [-0.05, 0) is 39.6 Å². The Morgan fingerprint density at radius 2 is 2.12 bits per heavy atom. The SMILES string of the molecule is Cc1ccc(C(CC(C)C(=O)O)N(C)C)o1. The highest BCUT2D eigenvalue weighted by atomic mass is 16.4. The van der Waals surface area contributed by atoms with E-state index in [1.165, 1.54) is 0 Å². The van der Waals surface area contributed by atoms with Crippen molar-refractivity contribution in [3.05, 3.63) is 23.7 Å². The van der Waals surface area contributed by atoms with Crippen molar-refractivity contribution < 1.29 is 14.3 Å². The van der Waals surface area contributed by atoms with Gasteiger partial charge in [0.2, 0.25) is 0 Å². The summed E-state index contributed by atoms with van der Waals surface area (Å²) in [6, 6.07) is 3.83. The highest BCUT2D eigenvalue weighted by Gasteiger charge is 2.23. The molecule has 1 rings (SSSR count). The molecule has 1 aromatic heterocycles. The quantitative estimate of drug-likeness (QED) is 0.835.